The number of imidazole rings is 1. The largest absolute Gasteiger partial charge is 0.323 e. The van der Waals surface area contributed by atoms with Crippen LogP contribution in [0.15, 0.2) is 17.4 Å². The summed E-state index contributed by atoms with van der Waals surface area (Å²) in [7, 11) is -2.08. The number of nitrogens with zero attached hydrogens (tertiary/aromatic N) is 3. The molecule has 6 nitrogen and oxygen atoms in total. The number of nitrogens with one attached hydrogen (secondary N) is 1. The minimum absolute atomic E-state index is 0.0934. The number of aromatic nitrogens is 3. The summed E-state index contributed by atoms with van der Waals surface area (Å²) in [6, 6.07) is -0.411. The minimum atomic E-state index is -3.71. The standard InChI is InChI=1S/C11H15ClN4O2S2/c1-4-8-5-13-10(19-8)7(2)15-20(17,18)9-6-16(3)11(12)14-9/h5-7,15H,4H2,1-3H3/t7-/m1/s1. The Hall–Kier alpha value is -0.960. The fraction of sp³-hybridized carbons (Fsp3) is 0.455. The van der Waals surface area contributed by atoms with Gasteiger partial charge in [0.05, 0.1) is 6.04 Å². The average Bonchev–Trinajstić information content (AvgIpc) is 2.97. The van der Waals surface area contributed by atoms with Crippen LogP contribution in [0, 0.1) is 0 Å². The third-order valence-electron chi connectivity index (χ3n) is 2.70. The maximum Gasteiger partial charge on any atom is 0.260 e. The Bertz CT molecular complexity index is 688. The van der Waals surface area contributed by atoms with E-state index in [0.717, 1.165) is 16.3 Å². The fourth-order valence-electron chi connectivity index (χ4n) is 1.58. The van der Waals surface area contributed by atoms with E-state index in [1.165, 1.54) is 22.1 Å². The molecule has 2 rings (SSSR count). The van der Waals surface area contributed by atoms with Crippen molar-refractivity contribution < 1.29 is 8.42 Å². The van der Waals surface area contributed by atoms with Gasteiger partial charge in [0, 0.05) is 24.3 Å². The van der Waals surface area contributed by atoms with Crippen molar-refractivity contribution in [1.29, 1.82) is 0 Å². The quantitative estimate of drug-likeness (QED) is 0.908. The molecule has 0 radical (unpaired) electrons. The van der Waals surface area contributed by atoms with Gasteiger partial charge in [0.25, 0.3) is 10.0 Å². The first-order chi connectivity index (χ1) is 9.33. The van der Waals surface area contributed by atoms with Crippen LogP contribution in [-0.4, -0.2) is 23.0 Å². The lowest BCUT2D eigenvalue weighted by Gasteiger charge is -2.09. The molecule has 0 bridgehead atoms. The van der Waals surface area contributed by atoms with Crippen LogP contribution in [0.1, 0.15) is 29.8 Å². The number of thiazole rings is 1. The van der Waals surface area contributed by atoms with E-state index in [1.807, 2.05) is 6.92 Å². The first kappa shape index (κ1) is 15.4. The molecular weight excluding hydrogens is 320 g/mol. The number of aryl methyl sites for hydroxylation is 2. The zero-order chi connectivity index (χ0) is 14.9. The zero-order valence-electron chi connectivity index (χ0n) is 11.3. The van der Waals surface area contributed by atoms with Crippen molar-refractivity contribution in [1.82, 2.24) is 19.3 Å². The number of hydrogen-bond acceptors (Lipinski definition) is 5. The number of hydrogen-bond donors (Lipinski definition) is 1. The second-order valence-electron chi connectivity index (χ2n) is 4.32. The highest BCUT2D eigenvalue weighted by Gasteiger charge is 2.23. The Morgan fingerprint density at radius 1 is 1.55 bits per heavy atom. The van der Waals surface area contributed by atoms with Gasteiger partial charge < -0.3 is 4.57 Å². The van der Waals surface area contributed by atoms with Crippen LogP contribution >= 0.6 is 22.9 Å². The number of sulfonamides is 1. The second-order valence-corrected chi connectivity index (χ2v) is 7.47. The zero-order valence-corrected chi connectivity index (χ0v) is 13.7. The van der Waals surface area contributed by atoms with E-state index < -0.39 is 16.1 Å². The summed E-state index contributed by atoms with van der Waals surface area (Å²) >= 11 is 7.26. The van der Waals surface area contributed by atoms with Gasteiger partial charge in [-0.3, -0.25) is 0 Å². The summed E-state index contributed by atoms with van der Waals surface area (Å²) in [6.45, 7) is 3.78. The van der Waals surface area contributed by atoms with Crippen molar-refractivity contribution in [3.05, 3.63) is 27.6 Å². The van der Waals surface area contributed by atoms with Gasteiger partial charge in [-0.05, 0) is 24.9 Å². The van der Waals surface area contributed by atoms with E-state index >= 15 is 0 Å². The van der Waals surface area contributed by atoms with E-state index in [4.69, 9.17) is 11.6 Å². The van der Waals surface area contributed by atoms with Crippen LogP contribution in [0.25, 0.3) is 0 Å². The fourth-order valence-corrected chi connectivity index (χ4v) is 3.90. The maximum absolute atomic E-state index is 12.2. The summed E-state index contributed by atoms with van der Waals surface area (Å²) in [6.07, 6.45) is 4.02. The normalized spacial score (nSPS) is 13.6. The van der Waals surface area contributed by atoms with Crippen molar-refractivity contribution >= 4 is 33.0 Å². The molecular formula is C11H15ClN4O2S2. The smallest absolute Gasteiger partial charge is 0.260 e. The van der Waals surface area contributed by atoms with Gasteiger partial charge in [-0.25, -0.2) is 23.1 Å². The maximum atomic E-state index is 12.2. The molecule has 9 heteroatoms. The molecule has 0 unspecified atom stereocenters. The lowest BCUT2D eigenvalue weighted by molar-refractivity contribution is 0.563. The second kappa shape index (κ2) is 5.80. The Balaban J connectivity index is 2.19. The predicted molar refractivity (Wildman–Crippen MR) is 78.4 cm³/mol. The number of halogens is 1. The van der Waals surface area contributed by atoms with Gasteiger partial charge in [0.1, 0.15) is 5.01 Å². The van der Waals surface area contributed by atoms with Crippen molar-refractivity contribution in [2.75, 3.05) is 0 Å². The molecule has 2 aromatic rings. The third-order valence-corrected chi connectivity index (χ3v) is 5.78. The highest BCUT2D eigenvalue weighted by Crippen LogP contribution is 2.22. The molecule has 0 aromatic carbocycles. The molecule has 0 amide bonds. The van der Waals surface area contributed by atoms with Crippen molar-refractivity contribution in [2.45, 2.75) is 31.3 Å². The third kappa shape index (κ3) is 3.20. The first-order valence-corrected chi connectivity index (χ1v) is 8.67. The summed E-state index contributed by atoms with van der Waals surface area (Å²) in [5.74, 6) is 0. The molecule has 0 spiro atoms. The van der Waals surface area contributed by atoms with Crippen LogP contribution in [0.4, 0.5) is 0 Å². The van der Waals surface area contributed by atoms with Gasteiger partial charge in [0.2, 0.25) is 5.28 Å². The van der Waals surface area contributed by atoms with E-state index in [2.05, 4.69) is 14.7 Å². The molecule has 0 aliphatic heterocycles. The summed E-state index contributed by atoms with van der Waals surface area (Å²) in [5.41, 5.74) is 0. The van der Waals surface area contributed by atoms with Crippen molar-refractivity contribution in [3.8, 4) is 0 Å². The van der Waals surface area contributed by atoms with Crippen LogP contribution in [0.3, 0.4) is 0 Å². The number of rotatable bonds is 5. The molecule has 0 fully saturated rings. The highest BCUT2D eigenvalue weighted by molar-refractivity contribution is 7.89. The van der Waals surface area contributed by atoms with Crippen molar-refractivity contribution in [2.24, 2.45) is 7.05 Å². The van der Waals surface area contributed by atoms with Crippen molar-refractivity contribution in [3.63, 3.8) is 0 Å². The summed E-state index contributed by atoms with van der Waals surface area (Å²) < 4.78 is 28.4. The van der Waals surface area contributed by atoms with Gasteiger partial charge in [-0.1, -0.05) is 6.92 Å². The highest BCUT2D eigenvalue weighted by atomic mass is 35.5. The molecule has 20 heavy (non-hydrogen) atoms. The van der Waals surface area contributed by atoms with Gasteiger partial charge in [-0.2, -0.15) is 0 Å². The Labute approximate surface area is 126 Å². The molecule has 0 saturated carbocycles. The molecule has 0 aliphatic rings. The van der Waals surface area contributed by atoms with Gasteiger partial charge in [0.15, 0.2) is 5.03 Å². The molecule has 1 atom stereocenters. The van der Waals surface area contributed by atoms with E-state index in [-0.39, 0.29) is 10.3 Å². The Kier molecular flexibility index (Phi) is 4.48. The van der Waals surface area contributed by atoms with E-state index in [9.17, 15) is 8.42 Å². The van der Waals surface area contributed by atoms with Gasteiger partial charge >= 0.3 is 0 Å². The van der Waals surface area contributed by atoms with E-state index in [1.54, 1.807) is 20.2 Å². The van der Waals surface area contributed by atoms with Crippen LogP contribution in [-0.2, 0) is 23.5 Å². The lowest BCUT2D eigenvalue weighted by Crippen LogP contribution is -2.27. The Morgan fingerprint density at radius 3 is 2.75 bits per heavy atom. The summed E-state index contributed by atoms with van der Waals surface area (Å²) in [4.78, 5) is 9.16. The van der Waals surface area contributed by atoms with Crippen LogP contribution in [0.5, 0.6) is 0 Å². The Morgan fingerprint density at radius 2 is 2.25 bits per heavy atom. The average molecular weight is 335 g/mol. The van der Waals surface area contributed by atoms with Crippen LogP contribution in [0.2, 0.25) is 5.28 Å². The monoisotopic (exact) mass is 334 g/mol. The molecule has 0 saturated heterocycles. The SMILES string of the molecule is CCc1cnc([C@@H](C)NS(=O)(=O)c2cn(C)c(Cl)n2)s1. The van der Waals surface area contributed by atoms with Gasteiger partial charge in [-0.15, -0.1) is 11.3 Å². The molecule has 2 heterocycles. The molecule has 2 aromatic heterocycles. The van der Waals surface area contributed by atoms with E-state index in [0.29, 0.717) is 0 Å². The molecule has 0 aliphatic carbocycles. The van der Waals surface area contributed by atoms with Crippen LogP contribution < -0.4 is 4.72 Å². The molecule has 110 valence electrons. The predicted octanol–water partition coefficient (Wildman–Crippen LogP) is 2.13. The topological polar surface area (TPSA) is 76.9 Å². The minimum Gasteiger partial charge on any atom is -0.323 e. The molecule has 1 N–H and O–H groups in total. The first-order valence-electron chi connectivity index (χ1n) is 5.99. The lowest BCUT2D eigenvalue weighted by atomic mass is 10.4. The summed E-state index contributed by atoms with van der Waals surface area (Å²) in [5, 5.41) is 0.761.